The first-order valence-electron chi connectivity index (χ1n) is 5.86. The number of aromatic nitrogens is 2. The van der Waals surface area contributed by atoms with Crippen LogP contribution in [-0.2, 0) is 7.05 Å². The molecule has 4 nitrogen and oxygen atoms in total. The molecule has 0 bridgehead atoms. The second kappa shape index (κ2) is 4.66. The van der Waals surface area contributed by atoms with Gasteiger partial charge in [0, 0.05) is 29.5 Å². The number of benzene rings is 1. The van der Waals surface area contributed by atoms with Gasteiger partial charge < -0.3 is 10.5 Å². The van der Waals surface area contributed by atoms with Crippen LogP contribution < -0.4 is 10.5 Å². The minimum absolute atomic E-state index is 0.00546. The predicted molar refractivity (Wildman–Crippen MR) is 71.7 cm³/mol. The highest BCUT2D eigenvalue weighted by Crippen LogP contribution is 2.37. The van der Waals surface area contributed by atoms with Crippen molar-refractivity contribution in [3.8, 4) is 5.75 Å². The number of fused-ring (bicyclic) bond motifs is 1. The molecule has 18 heavy (non-hydrogen) atoms. The topological polar surface area (TPSA) is 53.1 Å². The van der Waals surface area contributed by atoms with Gasteiger partial charge in [-0.05, 0) is 12.1 Å². The van der Waals surface area contributed by atoms with Gasteiger partial charge in [-0.1, -0.05) is 12.1 Å². The van der Waals surface area contributed by atoms with Crippen molar-refractivity contribution in [2.75, 3.05) is 5.75 Å². The normalized spacial score (nSPS) is 20.0. The number of aryl methyl sites for hydroxylation is 1. The molecule has 1 aliphatic rings. The van der Waals surface area contributed by atoms with E-state index < -0.39 is 0 Å². The molecule has 94 valence electrons. The van der Waals surface area contributed by atoms with Gasteiger partial charge in [0.1, 0.15) is 11.9 Å². The molecule has 2 unspecified atom stereocenters. The third kappa shape index (κ3) is 2.11. The minimum atomic E-state index is -0.139. The summed E-state index contributed by atoms with van der Waals surface area (Å²) in [5.74, 6) is 1.80. The zero-order chi connectivity index (χ0) is 12.5. The molecule has 3 rings (SSSR count). The molecule has 0 spiro atoms. The maximum atomic E-state index is 6.25. The highest BCUT2D eigenvalue weighted by atomic mass is 32.2. The summed E-state index contributed by atoms with van der Waals surface area (Å²) in [4.78, 5) is 1.19. The van der Waals surface area contributed by atoms with Crippen LogP contribution in [-0.4, -0.2) is 21.6 Å². The molecule has 1 aromatic heterocycles. The lowest BCUT2D eigenvalue weighted by Gasteiger charge is -2.29. The summed E-state index contributed by atoms with van der Waals surface area (Å²) in [6.45, 7) is 0. The third-order valence-corrected chi connectivity index (χ3v) is 4.18. The average molecular weight is 261 g/mol. The van der Waals surface area contributed by atoms with Crippen LogP contribution in [0.25, 0.3) is 0 Å². The number of hydrogen-bond acceptors (Lipinski definition) is 4. The van der Waals surface area contributed by atoms with E-state index in [1.807, 2.05) is 31.4 Å². The van der Waals surface area contributed by atoms with Crippen molar-refractivity contribution in [3.05, 3.63) is 42.2 Å². The van der Waals surface area contributed by atoms with E-state index in [2.05, 4.69) is 11.2 Å². The van der Waals surface area contributed by atoms with Crippen LogP contribution in [0.4, 0.5) is 0 Å². The van der Waals surface area contributed by atoms with Gasteiger partial charge in [-0.2, -0.15) is 5.10 Å². The van der Waals surface area contributed by atoms with Gasteiger partial charge >= 0.3 is 0 Å². The van der Waals surface area contributed by atoms with Gasteiger partial charge in [-0.25, -0.2) is 0 Å². The van der Waals surface area contributed by atoms with Crippen LogP contribution in [0.15, 0.2) is 41.6 Å². The van der Waals surface area contributed by atoms with Gasteiger partial charge in [0.25, 0.3) is 0 Å². The van der Waals surface area contributed by atoms with E-state index in [1.165, 1.54) is 4.90 Å². The molecule has 5 heteroatoms. The van der Waals surface area contributed by atoms with E-state index in [0.29, 0.717) is 0 Å². The zero-order valence-electron chi connectivity index (χ0n) is 10.1. The van der Waals surface area contributed by atoms with Gasteiger partial charge in [0.15, 0.2) is 0 Å². The van der Waals surface area contributed by atoms with Crippen molar-refractivity contribution >= 4 is 11.8 Å². The number of nitrogens with two attached hydrogens (primary N) is 1. The van der Waals surface area contributed by atoms with E-state index in [4.69, 9.17) is 10.5 Å². The van der Waals surface area contributed by atoms with E-state index in [9.17, 15) is 0 Å². The van der Waals surface area contributed by atoms with E-state index >= 15 is 0 Å². The van der Waals surface area contributed by atoms with Gasteiger partial charge in [0.2, 0.25) is 0 Å². The highest BCUT2D eigenvalue weighted by Gasteiger charge is 2.27. The molecule has 0 saturated heterocycles. The Hall–Kier alpha value is -1.46. The third-order valence-electron chi connectivity index (χ3n) is 3.04. The Balaban J connectivity index is 1.79. The fraction of sp³-hybridized carbons (Fsp3) is 0.308. The summed E-state index contributed by atoms with van der Waals surface area (Å²) < 4.78 is 7.74. The largest absolute Gasteiger partial charge is 0.486 e. The molecule has 2 aromatic rings. The lowest BCUT2D eigenvalue weighted by atomic mass is 10.1. The Morgan fingerprint density at radius 1 is 1.50 bits per heavy atom. The van der Waals surface area contributed by atoms with Gasteiger partial charge in [-0.3, -0.25) is 4.68 Å². The van der Waals surface area contributed by atoms with Crippen LogP contribution in [0.5, 0.6) is 5.75 Å². The van der Waals surface area contributed by atoms with Crippen LogP contribution in [0.1, 0.15) is 11.6 Å². The second-order valence-electron chi connectivity index (χ2n) is 4.39. The van der Waals surface area contributed by atoms with Crippen molar-refractivity contribution in [2.24, 2.45) is 12.8 Å². The minimum Gasteiger partial charge on any atom is -0.486 e. The van der Waals surface area contributed by atoms with Crippen molar-refractivity contribution in [1.82, 2.24) is 9.78 Å². The number of nitrogens with zero attached hydrogens (tertiary/aromatic N) is 2. The molecular weight excluding hydrogens is 246 g/mol. The standard InChI is InChI=1S/C13H15N3OS/c1-16-7-9(6-15-16)13(14)11-8-18-12-5-3-2-4-10(12)17-11/h2-7,11,13H,8,14H2,1H3. The summed E-state index contributed by atoms with van der Waals surface area (Å²) in [5.41, 5.74) is 7.26. The van der Waals surface area contributed by atoms with Gasteiger partial charge in [-0.15, -0.1) is 11.8 Å². The molecule has 0 fully saturated rings. The number of rotatable bonds is 2. The first-order chi connectivity index (χ1) is 8.74. The van der Waals surface area contributed by atoms with E-state index in [1.54, 1.807) is 22.6 Å². The average Bonchev–Trinajstić information content (AvgIpc) is 2.84. The number of ether oxygens (including phenoxy) is 1. The summed E-state index contributed by atoms with van der Waals surface area (Å²) in [5, 5.41) is 4.15. The molecule has 1 aromatic carbocycles. The summed E-state index contributed by atoms with van der Waals surface area (Å²) >= 11 is 1.79. The Kier molecular flexibility index (Phi) is 3.01. The Morgan fingerprint density at radius 2 is 2.33 bits per heavy atom. The molecule has 1 aliphatic heterocycles. The lowest BCUT2D eigenvalue weighted by molar-refractivity contribution is 0.185. The fourth-order valence-electron chi connectivity index (χ4n) is 2.04. The zero-order valence-corrected chi connectivity index (χ0v) is 10.9. The SMILES string of the molecule is Cn1cc(C(N)C2CSc3ccccc3O2)cn1. The van der Waals surface area contributed by atoms with E-state index in [-0.39, 0.29) is 12.1 Å². The fourth-order valence-corrected chi connectivity index (χ4v) is 3.09. The van der Waals surface area contributed by atoms with E-state index in [0.717, 1.165) is 17.1 Å². The maximum absolute atomic E-state index is 6.25. The highest BCUT2D eigenvalue weighted by molar-refractivity contribution is 7.99. The van der Waals surface area contributed by atoms with Crippen molar-refractivity contribution in [3.63, 3.8) is 0 Å². The quantitative estimate of drug-likeness (QED) is 0.898. The molecule has 0 radical (unpaired) electrons. The molecule has 2 atom stereocenters. The van der Waals surface area contributed by atoms with Crippen LogP contribution in [0, 0.1) is 0 Å². The van der Waals surface area contributed by atoms with Gasteiger partial charge in [0.05, 0.1) is 12.2 Å². The summed E-state index contributed by atoms with van der Waals surface area (Å²) in [6, 6.07) is 7.93. The van der Waals surface area contributed by atoms with Crippen molar-refractivity contribution in [1.29, 1.82) is 0 Å². The van der Waals surface area contributed by atoms with Crippen LogP contribution in [0.3, 0.4) is 0 Å². The number of para-hydroxylation sites is 1. The predicted octanol–water partition coefficient (Wildman–Crippen LogP) is 1.97. The smallest absolute Gasteiger partial charge is 0.133 e. The molecule has 0 aliphatic carbocycles. The number of thioether (sulfide) groups is 1. The monoisotopic (exact) mass is 261 g/mol. The summed E-state index contributed by atoms with van der Waals surface area (Å²) in [6.07, 6.45) is 3.74. The van der Waals surface area contributed by atoms with Crippen LogP contribution in [0.2, 0.25) is 0 Å². The molecular formula is C13H15N3OS. The second-order valence-corrected chi connectivity index (χ2v) is 5.45. The molecule has 0 saturated carbocycles. The number of hydrogen-bond donors (Lipinski definition) is 1. The lowest BCUT2D eigenvalue weighted by Crippen LogP contribution is -2.35. The molecule has 2 heterocycles. The first kappa shape index (κ1) is 11.6. The maximum Gasteiger partial charge on any atom is 0.133 e. The van der Waals surface area contributed by atoms with Crippen molar-refractivity contribution < 1.29 is 4.74 Å². The Morgan fingerprint density at radius 3 is 3.11 bits per heavy atom. The first-order valence-corrected chi connectivity index (χ1v) is 6.85. The summed E-state index contributed by atoms with van der Waals surface area (Å²) in [7, 11) is 1.89. The Bertz CT molecular complexity index is 555. The van der Waals surface area contributed by atoms with Crippen molar-refractivity contribution in [2.45, 2.75) is 17.0 Å². The molecule has 2 N–H and O–H groups in total. The van der Waals surface area contributed by atoms with Crippen LogP contribution >= 0.6 is 11.8 Å². The molecule has 0 amide bonds. The Labute approximate surface area is 110 Å².